The number of thiophene rings is 1. The van der Waals surface area contributed by atoms with Crippen molar-refractivity contribution in [1.82, 2.24) is 4.90 Å². The molecule has 3 rings (SSSR count). The number of carbonyl (C=O) groups excluding carboxylic acids is 2. The Balaban J connectivity index is 1.42. The van der Waals surface area contributed by atoms with Crippen molar-refractivity contribution in [1.29, 1.82) is 0 Å². The van der Waals surface area contributed by atoms with Crippen molar-refractivity contribution in [3.05, 3.63) is 46.5 Å². The molecule has 1 saturated heterocycles. The predicted octanol–water partition coefficient (Wildman–Crippen LogP) is 3.71. The highest BCUT2D eigenvalue weighted by Crippen LogP contribution is 2.28. The van der Waals surface area contributed by atoms with Crippen LogP contribution in [0.25, 0.3) is 0 Å². The number of amides is 1. The molecule has 1 atom stereocenters. The minimum Gasteiger partial charge on any atom is -0.469 e. The summed E-state index contributed by atoms with van der Waals surface area (Å²) in [7, 11) is 0. The predicted molar refractivity (Wildman–Crippen MR) is 85.1 cm³/mol. The number of hydrogen-bond donors (Lipinski definition) is 0. The van der Waals surface area contributed by atoms with Crippen molar-refractivity contribution in [3.63, 3.8) is 0 Å². The van der Waals surface area contributed by atoms with Crippen LogP contribution in [-0.2, 0) is 4.79 Å². The Morgan fingerprint density at radius 1 is 1.27 bits per heavy atom. The Hall–Kier alpha value is -1.88. The van der Waals surface area contributed by atoms with Crippen LogP contribution in [-0.4, -0.2) is 29.7 Å². The zero-order chi connectivity index (χ0) is 15.4. The first-order valence-electron chi connectivity index (χ1n) is 7.62. The van der Waals surface area contributed by atoms with E-state index in [-0.39, 0.29) is 11.7 Å². The second-order valence-corrected chi connectivity index (χ2v) is 6.54. The van der Waals surface area contributed by atoms with Crippen LogP contribution in [0.3, 0.4) is 0 Å². The van der Waals surface area contributed by atoms with E-state index in [2.05, 4.69) is 0 Å². The number of nitrogens with zero attached hydrogens (tertiary/aromatic N) is 1. The standard InChI is InChI=1S/C17H19NO3S/c19-14(16-6-3-11-22-16)4-1-7-17(20)18-9-8-13(12-18)15-5-2-10-21-15/h2-3,5-6,10-11,13H,1,4,7-9,12H2. The lowest BCUT2D eigenvalue weighted by molar-refractivity contribution is -0.130. The topological polar surface area (TPSA) is 50.5 Å². The van der Waals surface area contributed by atoms with Gasteiger partial charge in [0.05, 0.1) is 11.1 Å². The van der Waals surface area contributed by atoms with E-state index in [0.29, 0.717) is 25.2 Å². The van der Waals surface area contributed by atoms with Gasteiger partial charge in [-0.15, -0.1) is 11.3 Å². The number of rotatable bonds is 6. The number of hydrogen-bond acceptors (Lipinski definition) is 4. The summed E-state index contributed by atoms with van der Waals surface area (Å²) in [4.78, 5) is 26.8. The number of Topliss-reactive ketones (excluding diaryl/α,β-unsaturated/α-hetero) is 1. The van der Waals surface area contributed by atoms with Gasteiger partial charge >= 0.3 is 0 Å². The van der Waals surface area contributed by atoms with Crippen LogP contribution in [0.15, 0.2) is 40.3 Å². The van der Waals surface area contributed by atoms with Crippen LogP contribution in [0.5, 0.6) is 0 Å². The molecule has 1 aliphatic rings. The van der Waals surface area contributed by atoms with E-state index >= 15 is 0 Å². The number of carbonyl (C=O) groups is 2. The first-order valence-corrected chi connectivity index (χ1v) is 8.50. The molecule has 5 heteroatoms. The Bertz CT molecular complexity index is 618. The maximum Gasteiger partial charge on any atom is 0.222 e. The van der Waals surface area contributed by atoms with Gasteiger partial charge in [0.15, 0.2) is 5.78 Å². The lowest BCUT2D eigenvalue weighted by atomic mass is 10.1. The molecule has 116 valence electrons. The fourth-order valence-corrected chi connectivity index (χ4v) is 3.56. The van der Waals surface area contributed by atoms with Gasteiger partial charge in [0, 0.05) is 31.8 Å². The summed E-state index contributed by atoms with van der Waals surface area (Å²) in [5.74, 6) is 1.56. The molecule has 0 spiro atoms. The van der Waals surface area contributed by atoms with Crippen molar-refractivity contribution >= 4 is 23.0 Å². The Morgan fingerprint density at radius 2 is 2.18 bits per heavy atom. The van der Waals surface area contributed by atoms with Gasteiger partial charge in [-0.2, -0.15) is 0 Å². The van der Waals surface area contributed by atoms with Crippen molar-refractivity contribution in [2.45, 2.75) is 31.6 Å². The second kappa shape index (κ2) is 6.92. The minimum atomic E-state index is 0.137. The molecule has 2 aromatic rings. The molecule has 0 aromatic carbocycles. The van der Waals surface area contributed by atoms with E-state index in [4.69, 9.17) is 4.42 Å². The van der Waals surface area contributed by atoms with Crippen LogP contribution in [0, 0.1) is 0 Å². The fraction of sp³-hybridized carbons (Fsp3) is 0.412. The summed E-state index contributed by atoms with van der Waals surface area (Å²) in [6.45, 7) is 1.51. The summed E-state index contributed by atoms with van der Waals surface area (Å²) in [6.07, 6.45) is 4.14. The largest absolute Gasteiger partial charge is 0.469 e. The monoisotopic (exact) mass is 317 g/mol. The van der Waals surface area contributed by atoms with Crippen LogP contribution in [0.1, 0.15) is 47.0 Å². The highest BCUT2D eigenvalue weighted by molar-refractivity contribution is 7.12. The SMILES string of the molecule is O=C(CCCC(=O)N1CCC(c2ccco2)C1)c1cccs1. The van der Waals surface area contributed by atoms with E-state index in [9.17, 15) is 9.59 Å². The first kappa shape index (κ1) is 15.0. The maximum absolute atomic E-state index is 12.2. The third-order valence-corrected chi connectivity index (χ3v) is 4.99. The molecule has 3 heterocycles. The normalized spacial score (nSPS) is 17.8. The Labute approximate surface area is 133 Å². The lowest BCUT2D eigenvalue weighted by Crippen LogP contribution is -2.28. The van der Waals surface area contributed by atoms with Gasteiger partial charge in [-0.05, 0) is 36.4 Å². The van der Waals surface area contributed by atoms with E-state index in [1.807, 2.05) is 34.5 Å². The Kier molecular flexibility index (Phi) is 4.73. The zero-order valence-corrected chi connectivity index (χ0v) is 13.2. The highest BCUT2D eigenvalue weighted by Gasteiger charge is 2.28. The molecule has 1 amide bonds. The smallest absolute Gasteiger partial charge is 0.222 e. The van der Waals surface area contributed by atoms with Gasteiger partial charge in [0.1, 0.15) is 5.76 Å². The molecule has 0 bridgehead atoms. The van der Waals surface area contributed by atoms with E-state index in [0.717, 1.165) is 30.1 Å². The summed E-state index contributed by atoms with van der Waals surface area (Å²) in [6, 6.07) is 7.57. The van der Waals surface area contributed by atoms with Gasteiger partial charge in [0.25, 0.3) is 0 Å². The van der Waals surface area contributed by atoms with Crippen molar-refractivity contribution in [3.8, 4) is 0 Å². The quantitative estimate of drug-likeness (QED) is 0.763. The third-order valence-electron chi connectivity index (χ3n) is 4.08. The number of ketones is 1. The highest BCUT2D eigenvalue weighted by atomic mass is 32.1. The van der Waals surface area contributed by atoms with Gasteiger partial charge in [-0.3, -0.25) is 9.59 Å². The second-order valence-electron chi connectivity index (χ2n) is 5.59. The van der Waals surface area contributed by atoms with Gasteiger partial charge in [-0.25, -0.2) is 0 Å². The zero-order valence-electron chi connectivity index (χ0n) is 12.4. The van der Waals surface area contributed by atoms with Crippen LogP contribution in [0.4, 0.5) is 0 Å². The minimum absolute atomic E-state index is 0.137. The Morgan fingerprint density at radius 3 is 2.91 bits per heavy atom. The maximum atomic E-state index is 12.2. The van der Waals surface area contributed by atoms with E-state index in [1.54, 1.807) is 6.26 Å². The molecule has 22 heavy (non-hydrogen) atoms. The van der Waals surface area contributed by atoms with Gasteiger partial charge in [0.2, 0.25) is 5.91 Å². The average Bonchev–Trinajstić information content (AvgIpc) is 3.26. The molecule has 1 fully saturated rings. The molecule has 2 aromatic heterocycles. The first-order chi connectivity index (χ1) is 10.7. The van der Waals surface area contributed by atoms with Crippen molar-refractivity contribution in [2.24, 2.45) is 0 Å². The summed E-state index contributed by atoms with van der Waals surface area (Å²) in [5, 5.41) is 1.90. The molecule has 4 nitrogen and oxygen atoms in total. The number of likely N-dealkylation sites (tertiary alicyclic amines) is 1. The van der Waals surface area contributed by atoms with Crippen molar-refractivity contribution in [2.75, 3.05) is 13.1 Å². The fourth-order valence-electron chi connectivity index (χ4n) is 2.86. The molecule has 0 radical (unpaired) electrons. The van der Waals surface area contributed by atoms with E-state index < -0.39 is 0 Å². The molecule has 0 N–H and O–H groups in total. The molecule has 0 saturated carbocycles. The van der Waals surface area contributed by atoms with Gasteiger partial charge in [-0.1, -0.05) is 6.07 Å². The van der Waals surface area contributed by atoms with E-state index in [1.165, 1.54) is 11.3 Å². The summed E-state index contributed by atoms with van der Waals surface area (Å²) in [5.41, 5.74) is 0. The average molecular weight is 317 g/mol. The third kappa shape index (κ3) is 3.47. The summed E-state index contributed by atoms with van der Waals surface area (Å²) >= 11 is 1.46. The van der Waals surface area contributed by atoms with Crippen LogP contribution in [0.2, 0.25) is 0 Å². The molecule has 1 unspecified atom stereocenters. The molecular formula is C17H19NO3S. The number of furan rings is 1. The van der Waals surface area contributed by atoms with Crippen LogP contribution < -0.4 is 0 Å². The van der Waals surface area contributed by atoms with Gasteiger partial charge < -0.3 is 9.32 Å². The van der Waals surface area contributed by atoms with Crippen LogP contribution >= 0.6 is 11.3 Å². The lowest BCUT2D eigenvalue weighted by Gasteiger charge is -2.15. The summed E-state index contributed by atoms with van der Waals surface area (Å²) < 4.78 is 5.42. The molecular weight excluding hydrogens is 298 g/mol. The molecule has 0 aliphatic carbocycles. The molecule has 1 aliphatic heterocycles. The van der Waals surface area contributed by atoms with Crippen molar-refractivity contribution < 1.29 is 14.0 Å².